The molecule has 4 aromatic rings. The molecule has 0 bridgehead atoms. The number of carbonyl (C=O) groups excluding carboxylic acids is 1. The summed E-state index contributed by atoms with van der Waals surface area (Å²) in [6.45, 7) is -0.000480. The summed E-state index contributed by atoms with van der Waals surface area (Å²) in [6.07, 6.45) is -0.216. The molecule has 0 saturated heterocycles. The van der Waals surface area contributed by atoms with E-state index in [4.69, 9.17) is 23.4 Å². The number of hydrogen-bond donors (Lipinski definition) is 2. The molecule has 0 unspecified atom stereocenters. The number of carbonyl (C=O) groups is 1. The fraction of sp³-hybridized carbons (Fsp3) is 0.185. The topological polar surface area (TPSA) is 125 Å². The highest BCUT2D eigenvalue weighted by molar-refractivity contribution is 5.90. The van der Waals surface area contributed by atoms with Crippen LogP contribution in [0.25, 0.3) is 22.3 Å². The Hall–Kier alpha value is -4.66. The van der Waals surface area contributed by atoms with E-state index < -0.39 is 23.1 Å². The number of hydrogen-bond acceptors (Lipinski definition) is 9. The van der Waals surface area contributed by atoms with E-state index in [9.17, 15) is 19.8 Å². The average Bonchev–Trinajstić information content (AvgIpc) is 3.36. The third-order valence-corrected chi connectivity index (χ3v) is 6.09. The second-order valence-corrected chi connectivity index (χ2v) is 8.16. The predicted octanol–water partition coefficient (Wildman–Crippen LogP) is 4.30. The Morgan fingerprint density at radius 3 is 2.53 bits per heavy atom. The van der Waals surface area contributed by atoms with E-state index in [0.29, 0.717) is 28.4 Å². The molecule has 0 saturated carbocycles. The van der Waals surface area contributed by atoms with Crippen molar-refractivity contribution in [1.82, 2.24) is 0 Å². The lowest BCUT2D eigenvalue weighted by Gasteiger charge is -2.21. The first kappa shape index (κ1) is 23.1. The highest BCUT2D eigenvalue weighted by Gasteiger charge is 2.31. The van der Waals surface area contributed by atoms with Crippen LogP contribution < -0.4 is 19.6 Å². The largest absolute Gasteiger partial charge is 0.507 e. The number of esters is 1. The molecule has 5 rings (SSSR count). The molecule has 0 spiro atoms. The van der Waals surface area contributed by atoms with E-state index in [1.54, 1.807) is 36.4 Å². The van der Waals surface area contributed by atoms with Crippen molar-refractivity contribution in [3.05, 3.63) is 75.9 Å². The summed E-state index contributed by atoms with van der Waals surface area (Å²) >= 11 is 0. The zero-order valence-electron chi connectivity index (χ0n) is 19.4. The summed E-state index contributed by atoms with van der Waals surface area (Å²) in [5.41, 5.74) is 0.707. The van der Waals surface area contributed by atoms with Gasteiger partial charge in [-0.3, -0.25) is 9.59 Å². The lowest BCUT2D eigenvalue weighted by molar-refractivity contribution is -0.140. The second-order valence-electron chi connectivity index (χ2n) is 8.16. The van der Waals surface area contributed by atoms with Gasteiger partial charge < -0.3 is 33.6 Å². The number of phenols is 2. The molecule has 36 heavy (non-hydrogen) atoms. The second kappa shape index (κ2) is 9.18. The van der Waals surface area contributed by atoms with E-state index in [0.717, 1.165) is 6.07 Å². The van der Waals surface area contributed by atoms with Crippen LogP contribution in [0.3, 0.4) is 0 Å². The van der Waals surface area contributed by atoms with Crippen molar-refractivity contribution in [1.29, 1.82) is 0 Å². The third kappa shape index (κ3) is 3.94. The number of rotatable bonds is 6. The minimum atomic E-state index is -0.863. The van der Waals surface area contributed by atoms with Crippen LogP contribution in [0.5, 0.6) is 28.7 Å². The van der Waals surface area contributed by atoms with Gasteiger partial charge in [0.15, 0.2) is 16.9 Å². The molecule has 9 heteroatoms. The van der Waals surface area contributed by atoms with Gasteiger partial charge in [-0.15, -0.1) is 0 Å². The van der Waals surface area contributed by atoms with Gasteiger partial charge in [0.1, 0.15) is 28.2 Å². The van der Waals surface area contributed by atoms with E-state index in [1.807, 2.05) is 6.07 Å². The molecule has 1 aromatic heterocycles. The van der Waals surface area contributed by atoms with Gasteiger partial charge in [0.25, 0.3) is 0 Å². The van der Waals surface area contributed by atoms with Crippen LogP contribution in [-0.2, 0) is 9.53 Å². The Labute approximate surface area is 205 Å². The molecule has 0 radical (unpaired) electrons. The van der Waals surface area contributed by atoms with Crippen molar-refractivity contribution in [2.24, 2.45) is 0 Å². The molecular formula is C27H22O9. The van der Waals surface area contributed by atoms with Gasteiger partial charge in [-0.25, -0.2) is 0 Å². The molecule has 0 fully saturated rings. The highest BCUT2D eigenvalue weighted by atomic mass is 16.7. The quantitative estimate of drug-likeness (QED) is 0.381. The average molecular weight is 490 g/mol. The number of aromatic hydroxyl groups is 2. The number of phenolic OH excluding ortho intramolecular Hbond substituents is 2. The number of fused-ring (bicyclic) bond motifs is 2. The van der Waals surface area contributed by atoms with Crippen molar-refractivity contribution in [3.8, 4) is 40.1 Å². The molecule has 2 heterocycles. The first-order valence-corrected chi connectivity index (χ1v) is 11.0. The zero-order chi connectivity index (χ0) is 25.4. The van der Waals surface area contributed by atoms with Crippen molar-refractivity contribution in [2.75, 3.05) is 21.0 Å². The number of methoxy groups -OCH3 is 2. The molecule has 9 nitrogen and oxygen atoms in total. The van der Waals surface area contributed by atoms with Gasteiger partial charge in [-0.1, -0.05) is 30.3 Å². The Bertz CT molecular complexity index is 1520. The molecule has 1 aliphatic rings. The normalized spacial score (nSPS) is 12.9. The van der Waals surface area contributed by atoms with E-state index >= 15 is 0 Å². The standard InChI is InChI=1S/C27H22O9/c1-32-21-8-15(9-22-26(21)35-13-34-22)16(10-23(31)33-2)24-17(28)11-18(29)25-19(30)12-20(36-27(24)25)14-6-4-3-5-7-14/h3-9,11-12,16,28-29H,10,13H2,1-2H3/t16-/m1/s1. The highest BCUT2D eigenvalue weighted by Crippen LogP contribution is 2.48. The maximum Gasteiger partial charge on any atom is 0.306 e. The summed E-state index contributed by atoms with van der Waals surface area (Å²) in [6, 6.07) is 14.6. The fourth-order valence-electron chi connectivity index (χ4n) is 4.39. The molecule has 1 atom stereocenters. The Kier molecular flexibility index (Phi) is 5.89. The minimum absolute atomic E-state index is 0.000480. The van der Waals surface area contributed by atoms with Crippen molar-refractivity contribution in [3.63, 3.8) is 0 Å². The van der Waals surface area contributed by atoms with Crippen LogP contribution in [0.4, 0.5) is 0 Å². The summed E-state index contributed by atoms with van der Waals surface area (Å²) in [7, 11) is 2.72. The molecule has 3 aromatic carbocycles. The van der Waals surface area contributed by atoms with Crippen molar-refractivity contribution in [2.45, 2.75) is 12.3 Å². The van der Waals surface area contributed by atoms with Crippen LogP contribution in [0.1, 0.15) is 23.5 Å². The molecule has 0 aliphatic carbocycles. The third-order valence-electron chi connectivity index (χ3n) is 6.09. The van der Waals surface area contributed by atoms with E-state index in [1.165, 1.54) is 20.3 Å². The molecule has 0 amide bonds. The Morgan fingerprint density at radius 2 is 1.81 bits per heavy atom. The van der Waals surface area contributed by atoms with Gasteiger partial charge >= 0.3 is 5.97 Å². The van der Waals surface area contributed by atoms with Crippen LogP contribution in [0.15, 0.2) is 63.8 Å². The summed E-state index contributed by atoms with van der Waals surface area (Å²) in [5, 5.41) is 21.4. The first-order valence-electron chi connectivity index (χ1n) is 11.0. The SMILES string of the molecule is COC(=O)C[C@H](c1cc(OC)c2c(c1)OCO2)c1c(O)cc(O)c2c(=O)cc(-c3ccccc3)oc12. The molecular weight excluding hydrogens is 468 g/mol. The molecule has 184 valence electrons. The zero-order valence-corrected chi connectivity index (χ0v) is 19.4. The van der Waals surface area contributed by atoms with Gasteiger partial charge in [0, 0.05) is 29.2 Å². The van der Waals surface area contributed by atoms with Crippen molar-refractivity contribution >= 4 is 16.9 Å². The number of ether oxygens (including phenoxy) is 4. The fourth-order valence-corrected chi connectivity index (χ4v) is 4.39. The first-order chi connectivity index (χ1) is 17.4. The predicted molar refractivity (Wildman–Crippen MR) is 129 cm³/mol. The Balaban J connectivity index is 1.81. The molecule has 1 aliphatic heterocycles. The van der Waals surface area contributed by atoms with Crippen LogP contribution in [-0.4, -0.2) is 37.2 Å². The van der Waals surface area contributed by atoms with Crippen LogP contribution >= 0.6 is 0 Å². The maximum atomic E-state index is 13.1. The summed E-state index contributed by atoms with van der Waals surface area (Å²) in [5.74, 6) is -0.831. The lowest BCUT2D eigenvalue weighted by Crippen LogP contribution is -2.12. The number of benzene rings is 3. The van der Waals surface area contributed by atoms with E-state index in [-0.39, 0.29) is 41.3 Å². The lowest BCUT2D eigenvalue weighted by atomic mass is 9.86. The van der Waals surface area contributed by atoms with Gasteiger partial charge in [-0.2, -0.15) is 0 Å². The molecule has 2 N–H and O–H groups in total. The van der Waals surface area contributed by atoms with Gasteiger partial charge in [0.05, 0.1) is 20.6 Å². The summed E-state index contributed by atoms with van der Waals surface area (Å²) in [4.78, 5) is 25.6. The van der Waals surface area contributed by atoms with Crippen LogP contribution in [0.2, 0.25) is 0 Å². The summed E-state index contributed by atoms with van der Waals surface area (Å²) < 4.78 is 27.5. The Morgan fingerprint density at radius 1 is 1.03 bits per heavy atom. The van der Waals surface area contributed by atoms with Gasteiger partial charge in [0.2, 0.25) is 12.5 Å². The van der Waals surface area contributed by atoms with Crippen molar-refractivity contribution < 1.29 is 38.4 Å². The monoisotopic (exact) mass is 490 g/mol. The maximum absolute atomic E-state index is 13.1. The smallest absolute Gasteiger partial charge is 0.306 e. The minimum Gasteiger partial charge on any atom is -0.507 e. The van der Waals surface area contributed by atoms with E-state index in [2.05, 4.69) is 0 Å². The van der Waals surface area contributed by atoms with Gasteiger partial charge in [-0.05, 0) is 17.7 Å². The van der Waals surface area contributed by atoms with Crippen LogP contribution in [0, 0.1) is 0 Å².